The summed E-state index contributed by atoms with van der Waals surface area (Å²) in [6.07, 6.45) is 0. The number of hydrogen-bond acceptors (Lipinski definition) is 4. The molecule has 4 nitrogen and oxygen atoms in total. The van der Waals surface area contributed by atoms with Crippen molar-refractivity contribution in [3.8, 4) is 0 Å². The molecule has 1 N–H and O–H groups in total. The molecule has 0 spiro atoms. The maximum Gasteiger partial charge on any atom is 0.232 e. The summed E-state index contributed by atoms with van der Waals surface area (Å²) >= 11 is 23.0. The number of nitrogens with zero attached hydrogens (tertiary/aromatic N) is 3. The van der Waals surface area contributed by atoms with Gasteiger partial charge in [-0.05, 0) is 41.4 Å². The van der Waals surface area contributed by atoms with E-state index < -0.39 is 0 Å². The number of halogens is 4. The number of benzene rings is 1. The van der Waals surface area contributed by atoms with Crippen LogP contribution in [-0.2, 0) is 0 Å². The second-order valence-electron chi connectivity index (χ2n) is 2.95. The molecule has 2 aromatic rings. The summed E-state index contributed by atoms with van der Waals surface area (Å²) in [4.78, 5) is 11.3. The summed E-state index contributed by atoms with van der Waals surface area (Å²) in [6.45, 7) is 0. The normalized spacial score (nSPS) is 10.4. The second-order valence-corrected chi connectivity index (χ2v) is 4.47. The summed E-state index contributed by atoms with van der Waals surface area (Å²) < 4.78 is 0. The van der Waals surface area contributed by atoms with Gasteiger partial charge in [-0.15, -0.1) is 0 Å². The monoisotopic (exact) mass is 308 g/mol. The van der Waals surface area contributed by atoms with Crippen molar-refractivity contribution in [2.45, 2.75) is 0 Å². The molecule has 8 heteroatoms. The zero-order valence-corrected chi connectivity index (χ0v) is 11.1. The van der Waals surface area contributed by atoms with E-state index in [2.05, 4.69) is 20.3 Å². The molecule has 0 unspecified atom stereocenters. The zero-order valence-electron chi connectivity index (χ0n) is 8.09. The van der Waals surface area contributed by atoms with Crippen molar-refractivity contribution in [3.05, 3.63) is 38.8 Å². The van der Waals surface area contributed by atoms with Gasteiger partial charge in [-0.25, -0.2) is 0 Å². The first-order valence-electron chi connectivity index (χ1n) is 4.34. The molecule has 0 aliphatic carbocycles. The van der Waals surface area contributed by atoms with Gasteiger partial charge in [0.05, 0.1) is 10.7 Å². The lowest BCUT2D eigenvalue weighted by Gasteiger charge is -2.06. The molecule has 88 valence electrons. The van der Waals surface area contributed by atoms with Crippen molar-refractivity contribution in [2.75, 3.05) is 5.32 Å². The third-order valence-electron chi connectivity index (χ3n) is 1.76. The van der Waals surface area contributed by atoms with Crippen LogP contribution in [0.2, 0.25) is 20.6 Å². The van der Waals surface area contributed by atoms with Gasteiger partial charge in [0.1, 0.15) is 0 Å². The van der Waals surface area contributed by atoms with Crippen molar-refractivity contribution >= 4 is 58.0 Å². The van der Waals surface area contributed by atoms with E-state index >= 15 is 0 Å². The smallest absolute Gasteiger partial charge is 0.232 e. The van der Waals surface area contributed by atoms with Crippen LogP contribution in [0.25, 0.3) is 0 Å². The van der Waals surface area contributed by atoms with Crippen LogP contribution in [0.5, 0.6) is 0 Å². The van der Waals surface area contributed by atoms with Gasteiger partial charge in [-0.2, -0.15) is 15.0 Å². The highest BCUT2D eigenvalue weighted by Gasteiger charge is 2.06. The summed E-state index contributed by atoms with van der Waals surface area (Å²) in [5.74, 6) is 0.208. The van der Waals surface area contributed by atoms with Gasteiger partial charge in [0.15, 0.2) is 0 Å². The largest absolute Gasteiger partial charge is 0.323 e. The number of rotatable bonds is 2. The highest BCUT2D eigenvalue weighted by molar-refractivity contribution is 6.36. The number of aromatic nitrogens is 3. The Morgan fingerprint density at radius 2 is 1.53 bits per heavy atom. The minimum Gasteiger partial charge on any atom is -0.323 e. The van der Waals surface area contributed by atoms with E-state index in [1.165, 1.54) is 0 Å². The van der Waals surface area contributed by atoms with Gasteiger partial charge in [-0.1, -0.05) is 23.2 Å². The molecule has 1 aromatic heterocycles. The highest BCUT2D eigenvalue weighted by Crippen LogP contribution is 2.27. The Balaban J connectivity index is 2.31. The Morgan fingerprint density at radius 1 is 0.882 bits per heavy atom. The fourth-order valence-electron chi connectivity index (χ4n) is 1.09. The van der Waals surface area contributed by atoms with E-state index in [0.717, 1.165) is 0 Å². The second kappa shape index (κ2) is 5.23. The molecule has 0 aliphatic heterocycles. The standard InChI is InChI=1S/C9H4Cl4N4/c10-4-1-2-6(5(11)3-4)14-9-16-7(12)15-8(13)17-9/h1-3H,(H,14,15,16,17). The van der Waals surface area contributed by atoms with Crippen molar-refractivity contribution in [3.63, 3.8) is 0 Å². The van der Waals surface area contributed by atoms with Crippen LogP contribution < -0.4 is 5.32 Å². The zero-order chi connectivity index (χ0) is 12.4. The fraction of sp³-hybridized carbons (Fsp3) is 0. The molecule has 0 saturated carbocycles. The molecule has 1 heterocycles. The Labute approximate surface area is 117 Å². The fourth-order valence-corrected chi connectivity index (χ4v) is 1.91. The topological polar surface area (TPSA) is 50.7 Å². The molecule has 0 radical (unpaired) electrons. The van der Waals surface area contributed by atoms with Gasteiger partial charge in [0, 0.05) is 5.02 Å². The molecule has 17 heavy (non-hydrogen) atoms. The first kappa shape index (κ1) is 12.6. The van der Waals surface area contributed by atoms with E-state index in [1.807, 2.05) is 0 Å². The molecule has 2 rings (SSSR count). The van der Waals surface area contributed by atoms with Crippen LogP contribution in [0.1, 0.15) is 0 Å². The molecule has 1 aromatic carbocycles. The first-order valence-corrected chi connectivity index (χ1v) is 5.85. The minimum absolute atomic E-state index is 0.00224. The van der Waals surface area contributed by atoms with Crippen LogP contribution >= 0.6 is 46.4 Å². The van der Waals surface area contributed by atoms with E-state index in [1.54, 1.807) is 18.2 Å². The van der Waals surface area contributed by atoms with Crippen LogP contribution in [-0.4, -0.2) is 15.0 Å². The van der Waals surface area contributed by atoms with Crippen molar-refractivity contribution in [1.29, 1.82) is 0 Å². The van der Waals surface area contributed by atoms with E-state index in [-0.39, 0.29) is 16.5 Å². The van der Waals surface area contributed by atoms with Crippen LogP contribution in [0, 0.1) is 0 Å². The van der Waals surface area contributed by atoms with Crippen molar-refractivity contribution in [2.24, 2.45) is 0 Å². The summed E-state index contributed by atoms with van der Waals surface area (Å²) in [5, 5.41) is 3.82. The van der Waals surface area contributed by atoms with Gasteiger partial charge in [0.25, 0.3) is 0 Å². The molecule has 0 fully saturated rings. The Kier molecular flexibility index (Phi) is 3.89. The molecule has 0 saturated heterocycles. The third kappa shape index (κ3) is 3.33. The molecule has 0 amide bonds. The highest BCUT2D eigenvalue weighted by atomic mass is 35.5. The number of anilines is 2. The summed E-state index contributed by atoms with van der Waals surface area (Å²) in [7, 11) is 0. The van der Waals surface area contributed by atoms with Gasteiger partial charge < -0.3 is 5.32 Å². The molecule has 0 bridgehead atoms. The molecular weight excluding hydrogens is 306 g/mol. The van der Waals surface area contributed by atoms with E-state index in [9.17, 15) is 0 Å². The van der Waals surface area contributed by atoms with Gasteiger partial charge in [-0.3, -0.25) is 0 Å². The lowest BCUT2D eigenvalue weighted by atomic mass is 10.3. The maximum atomic E-state index is 5.97. The van der Waals surface area contributed by atoms with E-state index in [4.69, 9.17) is 46.4 Å². The number of nitrogens with one attached hydrogen (secondary N) is 1. The maximum absolute atomic E-state index is 5.97. The third-order valence-corrected chi connectivity index (χ3v) is 2.64. The van der Waals surface area contributed by atoms with Crippen LogP contribution in [0.4, 0.5) is 11.6 Å². The minimum atomic E-state index is -0.00224. The molecule has 0 atom stereocenters. The quantitative estimate of drug-likeness (QED) is 0.902. The first-order chi connectivity index (χ1) is 8.04. The SMILES string of the molecule is Clc1ccc(Nc2nc(Cl)nc(Cl)n2)c(Cl)c1. The Bertz CT molecular complexity index is 540. The van der Waals surface area contributed by atoms with E-state index in [0.29, 0.717) is 15.7 Å². The average molecular weight is 310 g/mol. The molecule has 0 aliphatic rings. The Hall–Kier alpha value is -0.810. The Morgan fingerprint density at radius 3 is 2.12 bits per heavy atom. The van der Waals surface area contributed by atoms with Crippen molar-refractivity contribution in [1.82, 2.24) is 15.0 Å². The lowest BCUT2D eigenvalue weighted by Crippen LogP contribution is -1.99. The van der Waals surface area contributed by atoms with Gasteiger partial charge >= 0.3 is 0 Å². The van der Waals surface area contributed by atoms with Crippen LogP contribution in [0.15, 0.2) is 18.2 Å². The number of hydrogen-bond donors (Lipinski definition) is 1. The molecular formula is C9H4Cl4N4. The van der Waals surface area contributed by atoms with Crippen LogP contribution in [0.3, 0.4) is 0 Å². The van der Waals surface area contributed by atoms with Crippen molar-refractivity contribution < 1.29 is 0 Å². The summed E-state index contributed by atoms with van der Waals surface area (Å²) in [5.41, 5.74) is 0.592. The van der Waals surface area contributed by atoms with Gasteiger partial charge in [0.2, 0.25) is 16.5 Å². The lowest BCUT2D eigenvalue weighted by molar-refractivity contribution is 1.05. The average Bonchev–Trinajstić information content (AvgIpc) is 2.21. The predicted molar refractivity (Wildman–Crippen MR) is 69.6 cm³/mol. The predicted octanol–water partition coefficient (Wildman–Crippen LogP) is 4.23. The summed E-state index contributed by atoms with van der Waals surface area (Å²) in [6, 6.07) is 4.96.